The van der Waals surface area contributed by atoms with Gasteiger partial charge in [0.05, 0.1) is 17.6 Å². The minimum atomic E-state index is -3.31. The Morgan fingerprint density at radius 1 is 1.30 bits per heavy atom. The lowest BCUT2D eigenvalue weighted by Gasteiger charge is -2.03. The number of nitrogens with zero attached hydrogens (tertiary/aromatic N) is 3. The van der Waals surface area contributed by atoms with Gasteiger partial charge in [-0.15, -0.1) is 5.10 Å². The van der Waals surface area contributed by atoms with Crippen molar-refractivity contribution in [2.45, 2.75) is 11.3 Å². The highest BCUT2D eigenvalue weighted by Crippen LogP contribution is 2.26. The highest BCUT2D eigenvalue weighted by atomic mass is 32.2. The molecule has 9 heteroatoms. The zero-order chi connectivity index (χ0) is 16.4. The summed E-state index contributed by atoms with van der Waals surface area (Å²) >= 11 is 1.07. The summed E-state index contributed by atoms with van der Waals surface area (Å²) in [5, 5.41) is 11.2. The molecule has 0 bridgehead atoms. The summed E-state index contributed by atoms with van der Waals surface area (Å²) in [4.78, 5) is 4.97. The highest BCUT2D eigenvalue weighted by Gasteiger charge is 2.19. The Morgan fingerprint density at radius 3 is 2.65 bits per heavy atom. The molecule has 0 aliphatic heterocycles. The minimum Gasteiger partial charge on any atom is -0.486 e. The van der Waals surface area contributed by atoms with E-state index in [1.807, 2.05) is 24.3 Å². The van der Waals surface area contributed by atoms with E-state index in [1.165, 1.54) is 4.52 Å². The molecular weight excluding hydrogens is 338 g/mol. The van der Waals surface area contributed by atoms with Crippen LogP contribution in [0.15, 0.2) is 34.8 Å². The summed E-state index contributed by atoms with van der Waals surface area (Å²) in [6, 6.07) is 7.38. The first-order valence-corrected chi connectivity index (χ1v) is 9.47. The molecule has 122 valence electrons. The lowest BCUT2D eigenvalue weighted by Crippen LogP contribution is -2.03. The Balaban J connectivity index is 1.88. The first-order chi connectivity index (χ1) is 11.0. The molecule has 3 rings (SSSR count). The molecule has 0 saturated carbocycles. The number of benzene rings is 1. The van der Waals surface area contributed by atoms with Crippen LogP contribution in [0.4, 0.5) is 0 Å². The standard InChI is InChI=1S/C14H15N3O4S2/c1-2-23(19,20)14-16-17-9-12(15-13(17)22-14)10-3-5-11(6-4-10)21-8-7-18/h3-6,9,18H,2,7-8H2,1H3/p+1. The first kappa shape index (κ1) is 15.9. The summed E-state index contributed by atoms with van der Waals surface area (Å²) in [6.45, 7) is 2.17. The largest absolute Gasteiger partial charge is 0.486 e. The Kier molecular flexibility index (Phi) is 4.33. The number of aromatic nitrogens is 3. The van der Waals surface area contributed by atoms with Gasteiger partial charge in [-0.3, -0.25) is 0 Å². The van der Waals surface area contributed by atoms with Crippen molar-refractivity contribution in [1.82, 2.24) is 14.6 Å². The van der Waals surface area contributed by atoms with Crippen LogP contribution in [0.2, 0.25) is 0 Å². The predicted octanol–water partition coefficient (Wildman–Crippen LogP) is 1.35. The van der Waals surface area contributed by atoms with Crippen molar-refractivity contribution < 1.29 is 18.3 Å². The average molecular weight is 354 g/mol. The summed E-state index contributed by atoms with van der Waals surface area (Å²) < 4.78 is 30.6. The van der Waals surface area contributed by atoms with Crippen molar-refractivity contribution in [2.75, 3.05) is 19.0 Å². The average Bonchev–Trinajstić information content (AvgIpc) is 3.12. The van der Waals surface area contributed by atoms with Crippen LogP contribution in [0.25, 0.3) is 16.2 Å². The topological polar surface area (TPSA) is 96.5 Å². The Bertz CT molecular complexity index is 882. The van der Waals surface area contributed by atoms with Crippen LogP contribution < -0.4 is 4.74 Å². The van der Waals surface area contributed by atoms with Crippen LogP contribution >= 0.6 is 11.3 Å². The smallest absolute Gasteiger partial charge is 0.232 e. The third kappa shape index (κ3) is 3.21. The number of sulfone groups is 1. The predicted molar refractivity (Wildman–Crippen MR) is 88.0 cm³/mol. The van der Waals surface area contributed by atoms with E-state index in [0.29, 0.717) is 17.3 Å². The number of rotatable bonds is 6. The molecule has 0 saturated heterocycles. The minimum absolute atomic E-state index is 0.0241. The van der Waals surface area contributed by atoms with Gasteiger partial charge >= 0.3 is 0 Å². The van der Waals surface area contributed by atoms with E-state index in [1.54, 1.807) is 13.1 Å². The first-order valence-electron chi connectivity index (χ1n) is 7.00. The fourth-order valence-corrected chi connectivity index (χ4v) is 4.12. The van der Waals surface area contributed by atoms with Gasteiger partial charge in [0.15, 0.2) is 13.2 Å². The number of hydrogen-bond donors (Lipinski definition) is 0. The maximum Gasteiger partial charge on any atom is 0.232 e. The maximum atomic E-state index is 11.8. The fourth-order valence-electron chi connectivity index (χ4n) is 1.96. The van der Waals surface area contributed by atoms with Crippen LogP contribution in [0, 0.1) is 0 Å². The summed E-state index contributed by atoms with van der Waals surface area (Å²) in [5.74, 6) is 0.729. The van der Waals surface area contributed by atoms with Gasteiger partial charge in [0.2, 0.25) is 19.1 Å². The van der Waals surface area contributed by atoms with Gasteiger partial charge in [0.25, 0.3) is 0 Å². The third-order valence-electron chi connectivity index (χ3n) is 3.19. The molecule has 1 aromatic carbocycles. The zero-order valence-corrected chi connectivity index (χ0v) is 14.0. The number of imidazole rings is 1. The van der Waals surface area contributed by atoms with Crippen LogP contribution in [0.5, 0.6) is 5.75 Å². The molecule has 0 spiro atoms. The lowest BCUT2D eigenvalue weighted by molar-refractivity contribution is 0.201. The van der Waals surface area contributed by atoms with Gasteiger partial charge in [-0.25, -0.2) is 17.9 Å². The van der Waals surface area contributed by atoms with Crippen LogP contribution in [0.1, 0.15) is 6.92 Å². The van der Waals surface area contributed by atoms with Gasteiger partial charge < -0.3 is 9.84 Å². The molecule has 0 radical (unpaired) electrons. The van der Waals surface area contributed by atoms with Crippen molar-refractivity contribution in [3.8, 4) is 17.0 Å². The SMILES string of the molecule is CCS(=O)(=O)c1nn2cc(-c3ccc(OCC[OH2+])cc3)nc2s1. The molecule has 2 heterocycles. The van der Waals surface area contributed by atoms with E-state index in [9.17, 15) is 8.42 Å². The van der Waals surface area contributed by atoms with Gasteiger partial charge in [-0.05, 0) is 24.3 Å². The zero-order valence-electron chi connectivity index (χ0n) is 12.4. The van der Waals surface area contributed by atoms with Crippen LogP contribution in [-0.2, 0) is 9.84 Å². The van der Waals surface area contributed by atoms with E-state index in [-0.39, 0.29) is 16.7 Å². The molecule has 0 aliphatic carbocycles. The van der Waals surface area contributed by atoms with E-state index in [4.69, 9.17) is 9.84 Å². The quantitative estimate of drug-likeness (QED) is 0.623. The van der Waals surface area contributed by atoms with Gasteiger partial charge in [-0.2, -0.15) is 0 Å². The molecule has 2 N–H and O–H groups in total. The third-order valence-corrected chi connectivity index (χ3v) is 6.29. The molecule has 23 heavy (non-hydrogen) atoms. The van der Waals surface area contributed by atoms with Crippen molar-refractivity contribution in [2.24, 2.45) is 0 Å². The highest BCUT2D eigenvalue weighted by molar-refractivity contribution is 7.93. The van der Waals surface area contributed by atoms with E-state index in [2.05, 4.69) is 10.1 Å². The van der Waals surface area contributed by atoms with Crippen LogP contribution in [-0.4, -0.2) is 47.1 Å². The molecule has 0 fully saturated rings. The molecule has 0 amide bonds. The number of ether oxygens (including phenoxy) is 1. The Hall–Kier alpha value is -1.97. The molecule has 0 unspecified atom stereocenters. The Morgan fingerprint density at radius 2 is 2.04 bits per heavy atom. The van der Waals surface area contributed by atoms with Crippen LogP contribution in [0.3, 0.4) is 0 Å². The van der Waals surface area contributed by atoms with Gasteiger partial charge in [0, 0.05) is 5.56 Å². The number of fused-ring (bicyclic) bond motifs is 1. The molecule has 0 atom stereocenters. The fraction of sp³-hybridized carbons (Fsp3) is 0.286. The van der Waals surface area contributed by atoms with E-state index < -0.39 is 9.84 Å². The summed E-state index contributed by atoms with van der Waals surface area (Å²) in [7, 11) is -3.31. The van der Waals surface area contributed by atoms with Gasteiger partial charge in [-0.1, -0.05) is 18.3 Å². The van der Waals surface area contributed by atoms with Crippen molar-refractivity contribution in [3.63, 3.8) is 0 Å². The molecule has 7 nitrogen and oxygen atoms in total. The molecular formula is C14H16N3O4S2+. The van der Waals surface area contributed by atoms with E-state index >= 15 is 0 Å². The second-order valence-electron chi connectivity index (χ2n) is 4.75. The van der Waals surface area contributed by atoms with E-state index in [0.717, 1.165) is 22.6 Å². The second-order valence-corrected chi connectivity index (χ2v) is 8.16. The number of hydrogen-bond acceptors (Lipinski definition) is 6. The van der Waals surface area contributed by atoms with Crippen molar-refractivity contribution in [3.05, 3.63) is 30.5 Å². The Labute approximate surface area is 137 Å². The summed E-state index contributed by atoms with van der Waals surface area (Å²) in [5.41, 5.74) is 1.61. The normalized spacial score (nSPS) is 11.9. The van der Waals surface area contributed by atoms with Crippen molar-refractivity contribution in [1.29, 1.82) is 0 Å². The molecule has 3 aromatic rings. The maximum absolute atomic E-state index is 11.8. The molecule has 0 aliphatic rings. The monoisotopic (exact) mass is 354 g/mol. The van der Waals surface area contributed by atoms with Crippen molar-refractivity contribution >= 4 is 26.1 Å². The lowest BCUT2D eigenvalue weighted by atomic mass is 10.2. The summed E-state index contributed by atoms with van der Waals surface area (Å²) in [6.07, 6.45) is 1.71. The molecule has 2 aromatic heterocycles. The van der Waals surface area contributed by atoms with Gasteiger partial charge in [0.1, 0.15) is 5.75 Å². The second kappa shape index (κ2) is 6.26.